The summed E-state index contributed by atoms with van der Waals surface area (Å²) in [6.45, 7) is 3.76. The maximum Gasteiger partial charge on any atom is 0.262 e. The summed E-state index contributed by atoms with van der Waals surface area (Å²) in [5, 5.41) is 6.42. The average Bonchev–Trinajstić information content (AvgIpc) is 2.69. The molecule has 5 nitrogen and oxygen atoms in total. The van der Waals surface area contributed by atoms with Crippen molar-refractivity contribution in [1.29, 1.82) is 0 Å². The van der Waals surface area contributed by atoms with Crippen LogP contribution in [0, 0.1) is 13.8 Å². The zero-order valence-corrected chi connectivity index (χ0v) is 18.0. The first kappa shape index (κ1) is 21.7. The van der Waals surface area contributed by atoms with Crippen molar-refractivity contribution in [2.24, 2.45) is 0 Å². The number of hydrogen-bond donors (Lipinski definition) is 2. The van der Waals surface area contributed by atoms with Gasteiger partial charge in [0.15, 0.2) is 6.61 Å². The van der Waals surface area contributed by atoms with Crippen LogP contribution in [0.4, 0.5) is 11.4 Å². The van der Waals surface area contributed by atoms with Crippen LogP contribution in [-0.2, 0) is 4.79 Å². The molecule has 0 saturated carbocycles. The van der Waals surface area contributed by atoms with Gasteiger partial charge in [-0.05, 0) is 73.5 Å². The van der Waals surface area contributed by atoms with E-state index in [1.807, 2.05) is 32.0 Å². The smallest absolute Gasteiger partial charge is 0.262 e. The first-order valence-corrected chi connectivity index (χ1v) is 9.94. The number of benzene rings is 3. The van der Waals surface area contributed by atoms with E-state index in [2.05, 4.69) is 10.6 Å². The molecule has 0 saturated heterocycles. The van der Waals surface area contributed by atoms with E-state index in [1.54, 1.807) is 42.5 Å². The van der Waals surface area contributed by atoms with Gasteiger partial charge in [-0.15, -0.1) is 0 Å². The van der Waals surface area contributed by atoms with Gasteiger partial charge < -0.3 is 15.4 Å². The maximum atomic E-state index is 12.5. The number of nitrogens with one attached hydrogen (secondary N) is 2. The molecule has 0 heterocycles. The number of amides is 2. The lowest BCUT2D eigenvalue weighted by molar-refractivity contribution is -0.118. The zero-order chi connectivity index (χ0) is 21.7. The van der Waals surface area contributed by atoms with Crippen LogP contribution in [0.15, 0.2) is 60.7 Å². The molecule has 7 heteroatoms. The van der Waals surface area contributed by atoms with E-state index in [1.165, 1.54) is 0 Å². The number of carbonyl (C=O) groups is 2. The molecule has 0 atom stereocenters. The van der Waals surface area contributed by atoms with Crippen molar-refractivity contribution >= 4 is 46.4 Å². The minimum atomic E-state index is -0.356. The fraction of sp³-hybridized carbons (Fsp3) is 0.130. The van der Waals surface area contributed by atoms with Crippen molar-refractivity contribution in [2.45, 2.75) is 13.8 Å². The Balaban J connectivity index is 1.55. The van der Waals surface area contributed by atoms with Crippen LogP contribution in [0.1, 0.15) is 21.5 Å². The van der Waals surface area contributed by atoms with Gasteiger partial charge >= 0.3 is 0 Å². The van der Waals surface area contributed by atoms with E-state index in [9.17, 15) is 9.59 Å². The molecule has 2 amide bonds. The van der Waals surface area contributed by atoms with Gasteiger partial charge in [0.25, 0.3) is 11.8 Å². The number of hydrogen-bond acceptors (Lipinski definition) is 3. The Hall–Kier alpha value is -3.02. The molecule has 0 aliphatic carbocycles. The normalized spacial score (nSPS) is 10.4. The van der Waals surface area contributed by atoms with E-state index in [0.717, 1.165) is 16.8 Å². The van der Waals surface area contributed by atoms with E-state index >= 15 is 0 Å². The molecule has 30 heavy (non-hydrogen) atoms. The Morgan fingerprint density at radius 1 is 0.900 bits per heavy atom. The van der Waals surface area contributed by atoms with Crippen LogP contribution in [0.5, 0.6) is 5.75 Å². The van der Waals surface area contributed by atoms with Gasteiger partial charge in [-0.25, -0.2) is 0 Å². The maximum absolute atomic E-state index is 12.5. The molecule has 0 aliphatic heterocycles. The summed E-state index contributed by atoms with van der Waals surface area (Å²) >= 11 is 11.8. The van der Waals surface area contributed by atoms with Gasteiger partial charge in [0.05, 0.1) is 0 Å². The van der Waals surface area contributed by atoms with E-state index in [0.29, 0.717) is 27.0 Å². The zero-order valence-electron chi connectivity index (χ0n) is 16.5. The van der Waals surface area contributed by atoms with E-state index < -0.39 is 0 Å². The number of aryl methyl sites for hydroxylation is 1. The highest BCUT2D eigenvalue weighted by atomic mass is 35.5. The van der Waals surface area contributed by atoms with Gasteiger partial charge in [0.2, 0.25) is 0 Å². The molecule has 0 bridgehead atoms. The van der Waals surface area contributed by atoms with Crippen LogP contribution >= 0.6 is 23.2 Å². The molecular formula is C23H20Cl2N2O3. The summed E-state index contributed by atoms with van der Waals surface area (Å²) in [5.74, 6) is -0.103. The SMILES string of the molecule is Cc1cccc(NC(=O)c2ccc(OCC(=O)Nc3cc(Cl)cc(Cl)c3)cc2)c1C. The second-order valence-corrected chi connectivity index (χ2v) is 7.59. The minimum Gasteiger partial charge on any atom is -0.484 e. The predicted octanol–water partition coefficient (Wildman–Crippen LogP) is 5.88. The molecule has 0 radical (unpaired) electrons. The quantitative estimate of drug-likeness (QED) is 0.500. The summed E-state index contributed by atoms with van der Waals surface area (Å²) in [6.07, 6.45) is 0. The molecule has 0 fully saturated rings. The van der Waals surface area contributed by atoms with Gasteiger partial charge in [-0.1, -0.05) is 35.3 Å². The molecule has 3 aromatic rings. The minimum absolute atomic E-state index is 0.196. The lowest BCUT2D eigenvalue weighted by atomic mass is 10.1. The number of halogens is 2. The molecule has 3 aromatic carbocycles. The van der Waals surface area contributed by atoms with Crippen LogP contribution in [0.2, 0.25) is 10.0 Å². The lowest BCUT2D eigenvalue weighted by Crippen LogP contribution is -2.20. The largest absolute Gasteiger partial charge is 0.484 e. The highest BCUT2D eigenvalue weighted by Crippen LogP contribution is 2.23. The van der Waals surface area contributed by atoms with Crippen molar-refractivity contribution in [3.8, 4) is 5.75 Å². The average molecular weight is 443 g/mol. The summed E-state index contributed by atoms with van der Waals surface area (Å²) < 4.78 is 5.48. The monoisotopic (exact) mass is 442 g/mol. The third-order valence-electron chi connectivity index (χ3n) is 4.49. The van der Waals surface area contributed by atoms with Crippen molar-refractivity contribution < 1.29 is 14.3 Å². The van der Waals surface area contributed by atoms with Crippen LogP contribution in [-0.4, -0.2) is 18.4 Å². The second kappa shape index (κ2) is 9.65. The Morgan fingerprint density at radius 3 is 2.23 bits per heavy atom. The first-order chi connectivity index (χ1) is 14.3. The summed E-state index contributed by atoms with van der Waals surface area (Å²) in [6, 6.07) is 17.1. The number of carbonyl (C=O) groups excluding carboxylic acids is 2. The molecule has 0 spiro atoms. The van der Waals surface area contributed by atoms with E-state index in [-0.39, 0.29) is 18.4 Å². The molecular weight excluding hydrogens is 423 g/mol. The fourth-order valence-corrected chi connectivity index (χ4v) is 3.28. The molecule has 0 aliphatic rings. The van der Waals surface area contributed by atoms with Crippen molar-refractivity contribution in [2.75, 3.05) is 17.2 Å². The third-order valence-corrected chi connectivity index (χ3v) is 4.92. The third kappa shape index (κ3) is 5.75. The van der Waals surface area contributed by atoms with Gasteiger partial charge in [0, 0.05) is 27.0 Å². The van der Waals surface area contributed by atoms with Crippen molar-refractivity contribution in [1.82, 2.24) is 0 Å². The Bertz CT molecular complexity index is 1060. The summed E-state index contributed by atoms with van der Waals surface area (Å²) in [5.41, 5.74) is 3.88. The van der Waals surface area contributed by atoms with Crippen LogP contribution in [0.3, 0.4) is 0 Å². The molecule has 154 valence electrons. The number of rotatable bonds is 6. The standard InChI is InChI=1S/C23H20Cl2N2O3/c1-14-4-3-5-21(15(14)2)27-23(29)16-6-8-20(9-7-16)30-13-22(28)26-19-11-17(24)10-18(25)12-19/h3-12H,13H2,1-2H3,(H,26,28)(H,27,29). The fourth-order valence-electron chi connectivity index (χ4n) is 2.76. The highest BCUT2D eigenvalue weighted by Gasteiger charge is 2.10. The van der Waals surface area contributed by atoms with E-state index in [4.69, 9.17) is 27.9 Å². The van der Waals surface area contributed by atoms with Crippen molar-refractivity contribution in [3.63, 3.8) is 0 Å². The van der Waals surface area contributed by atoms with Crippen molar-refractivity contribution in [3.05, 3.63) is 87.4 Å². The van der Waals surface area contributed by atoms with Crippen LogP contribution < -0.4 is 15.4 Å². The van der Waals surface area contributed by atoms with Crippen LogP contribution in [0.25, 0.3) is 0 Å². The Morgan fingerprint density at radius 2 is 1.57 bits per heavy atom. The lowest BCUT2D eigenvalue weighted by Gasteiger charge is -2.11. The summed E-state index contributed by atoms with van der Waals surface area (Å²) in [4.78, 5) is 24.5. The molecule has 3 rings (SSSR count). The molecule has 0 unspecified atom stereocenters. The topological polar surface area (TPSA) is 67.4 Å². The second-order valence-electron chi connectivity index (χ2n) is 6.72. The molecule has 0 aromatic heterocycles. The number of ether oxygens (including phenoxy) is 1. The number of anilines is 2. The van der Waals surface area contributed by atoms with Gasteiger partial charge in [0.1, 0.15) is 5.75 Å². The van der Waals surface area contributed by atoms with Gasteiger partial charge in [-0.3, -0.25) is 9.59 Å². The van der Waals surface area contributed by atoms with Gasteiger partial charge in [-0.2, -0.15) is 0 Å². The Labute approximate surface area is 185 Å². The first-order valence-electron chi connectivity index (χ1n) is 9.18. The predicted molar refractivity (Wildman–Crippen MR) is 121 cm³/mol. The molecule has 2 N–H and O–H groups in total. The summed E-state index contributed by atoms with van der Waals surface area (Å²) in [7, 11) is 0. The Kier molecular flexibility index (Phi) is 6.98. The highest BCUT2D eigenvalue weighted by molar-refractivity contribution is 6.35.